The quantitative estimate of drug-likeness (QED) is 0.861. The third-order valence-corrected chi connectivity index (χ3v) is 3.52. The number of rotatable bonds is 4. The Morgan fingerprint density at radius 1 is 1.20 bits per heavy atom. The Morgan fingerprint density at radius 2 is 2.00 bits per heavy atom. The summed E-state index contributed by atoms with van der Waals surface area (Å²) >= 11 is 0. The molecule has 128 valence electrons. The lowest BCUT2D eigenvalue weighted by molar-refractivity contribution is -0.133. The number of carbonyl (C=O) groups excluding carboxylic acids is 1. The lowest BCUT2D eigenvalue weighted by atomic mass is 10.1. The summed E-state index contributed by atoms with van der Waals surface area (Å²) in [6, 6.07) is 10.9. The van der Waals surface area contributed by atoms with Crippen LogP contribution in [0.4, 0.5) is 0 Å². The van der Waals surface area contributed by atoms with Gasteiger partial charge in [0.15, 0.2) is 11.5 Å². The van der Waals surface area contributed by atoms with Crippen molar-refractivity contribution in [2.75, 3.05) is 13.2 Å². The standard InChI is InChI=1S/C19H18N2O4/c1-14-18(25-17-9-3-2-8-16(17)24-14)19(22)21-11-4-5-12-23-15-7-6-10-20-13-15/h2-3,6-10,13-14,18H,11-12H2,1H3,(H,21,22). The monoisotopic (exact) mass is 338 g/mol. The SMILES string of the molecule is CC1Oc2ccccc2OC1C(=O)NCC#CCOc1cccnc1. The van der Waals surface area contributed by atoms with Crippen LogP contribution in [-0.2, 0) is 4.79 Å². The van der Waals surface area contributed by atoms with E-state index >= 15 is 0 Å². The summed E-state index contributed by atoms with van der Waals surface area (Å²) < 4.78 is 16.8. The van der Waals surface area contributed by atoms with E-state index in [0.717, 1.165) is 0 Å². The Labute approximate surface area is 146 Å². The maximum Gasteiger partial charge on any atom is 0.265 e. The van der Waals surface area contributed by atoms with E-state index in [2.05, 4.69) is 22.1 Å². The van der Waals surface area contributed by atoms with E-state index in [-0.39, 0.29) is 25.2 Å². The maximum absolute atomic E-state index is 12.2. The summed E-state index contributed by atoms with van der Waals surface area (Å²) in [7, 11) is 0. The van der Waals surface area contributed by atoms with Crippen LogP contribution in [0.25, 0.3) is 0 Å². The molecule has 2 heterocycles. The summed E-state index contributed by atoms with van der Waals surface area (Å²) in [5.74, 6) is 7.27. The summed E-state index contributed by atoms with van der Waals surface area (Å²) in [5, 5.41) is 2.73. The zero-order valence-electron chi connectivity index (χ0n) is 13.8. The van der Waals surface area contributed by atoms with Crippen molar-refractivity contribution in [3.05, 3.63) is 48.8 Å². The average molecular weight is 338 g/mol. The van der Waals surface area contributed by atoms with E-state index in [9.17, 15) is 4.79 Å². The molecule has 1 aliphatic rings. The van der Waals surface area contributed by atoms with Gasteiger partial charge < -0.3 is 19.5 Å². The molecule has 1 aliphatic heterocycles. The van der Waals surface area contributed by atoms with Gasteiger partial charge >= 0.3 is 0 Å². The van der Waals surface area contributed by atoms with Gasteiger partial charge in [-0.3, -0.25) is 9.78 Å². The van der Waals surface area contributed by atoms with Crippen LogP contribution in [0.5, 0.6) is 17.2 Å². The number of nitrogens with zero attached hydrogens (tertiary/aromatic N) is 1. The number of fused-ring (bicyclic) bond motifs is 1. The van der Waals surface area contributed by atoms with Gasteiger partial charge in [-0.1, -0.05) is 24.0 Å². The molecule has 6 heteroatoms. The Kier molecular flexibility index (Phi) is 5.37. The van der Waals surface area contributed by atoms with Crippen LogP contribution in [0.3, 0.4) is 0 Å². The number of nitrogens with one attached hydrogen (secondary N) is 1. The van der Waals surface area contributed by atoms with E-state index in [4.69, 9.17) is 14.2 Å². The first-order chi connectivity index (χ1) is 12.2. The molecule has 1 N–H and O–H groups in total. The first-order valence-corrected chi connectivity index (χ1v) is 7.92. The molecule has 1 aromatic heterocycles. The van der Waals surface area contributed by atoms with Gasteiger partial charge in [-0.2, -0.15) is 0 Å². The Hall–Kier alpha value is -3.20. The number of amides is 1. The third kappa shape index (κ3) is 4.42. The number of hydrogen-bond acceptors (Lipinski definition) is 5. The van der Waals surface area contributed by atoms with Gasteiger partial charge in [-0.05, 0) is 31.2 Å². The van der Waals surface area contributed by atoms with Crippen molar-refractivity contribution in [2.24, 2.45) is 0 Å². The predicted octanol–water partition coefficient (Wildman–Crippen LogP) is 1.81. The summed E-state index contributed by atoms with van der Waals surface area (Å²) in [6.07, 6.45) is 2.20. The molecule has 0 radical (unpaired) electrons. The summed E-state index contributed by atoms with van der Waals surface area (Å²) in [6.45, 7) is 2.24. The zero-order valence-corrected chi connectivity index (χ0v) is 13.8. The molecule has 0 fully saturated rings. The van der Waals surface area contributed by atoms with Crippen LogP contribution >= 0.6 is 0 Å². The highest BCUT2D eigenvalue weighted by Crippen LogP contribution is 2.33. The van der Waals surface area contributed by atoms with Crippen LogP contribution in [0.1, 0.15) is 6.92 Å². The van der Waals surface area contributed by atoms with Crippen LogP contribution in [-0.4, -0.2) is 36.3 Å². The molecule has 0 aliphatic carbocycles. The molecule has 2 aromatic rings. The molecule has 0 saturated carbocycles. The predicted molar refractivity (Wildman–Crippen MR) is 91.5 cm³/mol. The molecule has 25 heavy (non-hydrogen) atoms. The topological polar surface area (TPSA) is 69.7 Å². The number of carbonyl (C=O) groups is 1. The van der Waals surface area contributed by atoms with Crippen LogP contribution in [0, 0.1) is 11.8 Å². The lowest BCUT2D eigenvalue weighted by Gasteiger charge is -2.30. The highest BCUT2D eigenvalue weighted by molar-refractivity contribution is 5.82. The van der Waals surface area contributed by atoms with Crippen molar-refractivity contribution in [1.29, 1.82) is 0 Å². The van der Waals surface area contributed by atoms with E-state index < -0.39 is 6.10 Å². The van der Waals surface area contributed by atoms with Crippen molar-refractivity contribution in [3.63, 3.8) is 0 Å². The Bertz CT molecular complexity index is 783. The van der Waals surface area contributed by atoms with Crippen molar-refractivity contribution < 1.29 is 19.0 Å². The van der Waals surface area contributed by atoms with Gasteiger partial charge in [0.25, 0.3) is 5.91 Å². The van der Waals surface area contributed by atoms with Crippen molar-refractivity contribution in [3.8, 4) is 29.1 Å². The Balaban J connectivity index is 1.45. The van der Waals surface area contributed by atoms with E-state index in [1.807, 2.05) is 18.2 Å². The molecule has 2 atom stereocenters. The van der Waals surface area contributed by atoms with Gasteiger partial charge in [-0.25, -0.2) is 0 Å². The van der Waals surface area contributed by atoms with Crippen LogP contribution in [0.2, 0.25) is 0 Å². The van der Waals surface area contributed by atoms with Crippen molar-refractivity contribution in [1.82, 2.24) is 10.3 Å². The number of pyridine rings is 1. The molecule has 0 saturated heterocycles. The molecule has 0 spiro atoms. The average Bonchev–Trinajstić information content (AvgIpc) is 2.64. The smallest absolute Gasteiger partial charge is 0.265 e. The van der Waals surface area contributed by atoms with Crippen LogP contribution < -0.4 is 19.5 Å². The maximum atomic E-state index is 12.2. The molecule has 1 amide bonds. The molecule has 2 unspecified atom stereocenters. The second-order valence-electron chi connectivity index (χ2n) is 5.36. The minimum Gasteiger partial charge on any atom is -0.482 e. The number of para-hydroxylation sites is 2. The lowest BCUT2D eigenvalue weighted by Crippen LogP contribution is -2.49. The normalized spacial score (nSPS) is 17.8. The zero-order chi connectivity index (χ0) is 17.5. The minimum absolute atomic E-state index is 0.212. The van der Waals surface area contributed by atoms with Crippen molar-refractivity contribution >= 4 is 5.91 Å². The van der Waals surface area contributed by atoms with E-state index in [1.54, 1.807) is 37.5 Å². The van der Waals surface area contributed by atoms with Gasteiger partial charge in [0.2, 0.25) is 6.10 Å². The number of ether oxygens (including phenoxy) is 3. The van der Waals surface area contributed by atoms with E-state index in [0.29, 0.717) is 17.2 Å². The molecular formula is C19H18N2O4. The fourth-order valence-electron chi connectivity index (χ4n) is 2.30. The fraction of sp³-hybridized carbons (Fsp3) is 0.263. The summed E-state index contributed by atoms with van der Waals surface area (Å²) in [4.78, 5) is 16.2. The molecule has 0 bridgehead atoms. The molecule has 6 nitrogen and oxygen atoms in total. The second-order valence-corrected chi connectivity index (χ2v) is 5.36. The van der Waals surface area contributed by atoms with Gasteiger partial charge in [0, 0.05) is 6.20 Å². The number of hydrogen-bond donors (Lipinski definition) is 1. The molecule has 3 rings (SSSR count). The number of benzene rings is 1. The number of aromatic nitrogens is 1. The minimum atomic E-state index is -0.705. The highest BCUT2D eigenvalue weighted by Gasteiger charge is 2.33. The van der Waals surface area contributed by atoms with Gasteiger partial charge in [0.05, 0.1) is 12.7 Å². The van der Waals surface area contributed by atoms with Gasteiger partial charge in [0.1, 0.15) is 18.5 Å². The van der Waals surface area contributed by atoms with Crippen LogP contribution in [0.15, 0.2) is 48.8 Å². The fourth-order valence-corrected chi connectivity index (χ4v) is 2.30. The van der Waals surface area contributed by atoms with Gasteiger partial charge in [-0.15, -0.1) is 0 Å². The highest BCUT2D eigenvalue weighted by atomic mass is 16.6. The van der Waals surface area contributed by atoms with Crippen molar-refractivity contribution in [2.45, 2.75) is 19.1 Å². The Morgan fingerprint density at radius 3 is 2.76 bits per heavy atom. The third-order valence-electron chi connectivity index (χ3n) is 3.52. The molecule has 1 aromatic carbocycles. The summed E-state index contributed by atoms with van der Waals surface area (Å²) in [5.41, 5.74) is 0. The first-order valence-electron chi connectivity index (χ1n) is 7.92. The van der Waals surface area contributed by atoms with E-state index in [1.165, 1.54) is 0 Å². The second kappa shape index (κ2) is 8.06. The molecular weight excluding hydrogens is 320 g/mol. The first kappa shape index (κ1) is 16.7. The largest absolute Gasteiger partial charge is 0.482 e.